The highest BCUT2D eigenvalue weighted by molar-refractivity contribution is 6.67. The Kier molecular flexibility index (Phi) is 6.88. The van der Waals surface area contributed by atoms with E-state index in [-0.39, 0.29) is 0 Å². The molecule has 0 aromatic heterocycles. The standard InChI is InChI=1S/C12H30N2Si2/c1-5-13(6-2)15-9-11-16(12-10-15)14(7-3)8-4/h15-16H,5-12H2,1-4H3. The topological polar surface area (TPSA) is 6.48 Å². The van der Waals surface area contributed by atoms with Crippen LogP contribution in [-0.2, 0) is 0 Å². The van der Waals surface area contributed by atoms with Gasteiger partial charge in [-0.1, -0.05) is 27.7 Å². The number of nitrogens with zero attached hydrogens (tertiary/aromatic N) is 2. The monoisotopic (exact) mass is 258 g/mol. The molecule has 0 aliphatic carbocycles. The van der Waals surface area contributed by atoms with Gasteiger partial charge in [-0.2, -0.15) is 0 Å². The van der Waals surface area contributed by atoms with Crippen LogP contribution in [0.1, 0.15) is 27.7 Å². The predicted octanol–water partition coefficient (Wildman–Crippen LogP) is 2.13. The van der Waals surface area contributed by atoms with Crippen molar-refractivity contribution in [3.05, 3.63) is 0 Å². The van der Waals surface area contributed by atoms with Crippen LogP contribution in [-0.4, -0.2) is 53.2 Å². The van der Waals surface area contributed by atoms with Crippen LogP contribution < -0.4 is 0 Å². The molecule has 16 heavy (non-hydrogen) atoms. The molecule has 2 nitrogen and oxygen atoms in total. The average molecular weight is 259 g/mol. The Labute approximate surface area is 105 Å². The summed E-state index contributed by atoms with van der Waals surface area (Å²) in [6.45, 7) is 14.5. The van der Waals surface area contributed by atoms with Crippen LogP contribution >= 0.6 is 0 Å². The smallest absolute Gasteiger partial charge is 0.111 e. The summed E-state index contributed by atoms with van der Waals surface area (Å²) < 4.78 is 5.60. The highest BCUT2D eigenvalue weighted by Crippen LogP contribution is 2.24. The Hall–Kier alpha value is 0.354. The molecule has 0 bridgehead atoms. The van der Waals surface area contributed by atoms with Crippen LogP contribution in [0, 0.1) is 0 Å². The first-order chi connectivity index (χ1) is 7.76. The van der Waals surface area contributed by atoms with Crippen molar-refractivity contribution in [1.29, 1.82) is 0 Å². The largest absolute Gasteiger partial charge is 0.327 e. The van der Waals surface area contributed by atoms with Crippen LogP contribution in [0.25, 0.3) is 0 Å². The van der Waals surface area contributed by atoms with E-state index >= 15 is 0 Å². The molecule has 0 radical (unpaired) electrons. The molecule has 1 aliphatic rings. The second kappa shape index (κ2) is 7.64. The van der Waals surface area contributed by atoms with E-state index in [1.54, 1.807) is 24.2 Å². The second-order valence-electron chi connectivity index (χ2n) is 4.90. The van der Waals surface area contributed by atoms with Gasteiger partial charge in [0.15, 0.2) is 0 Å². The van der Waals surface area contributed by atoms with E-state index in [9.17, 15) is 0 Å². The third kappa shape index (κ3) is 3.69. The first-order valence-corrected chi connectivity index (χ1v) is 11.5. The molecule has 0 aromatic rings. The molecule has 0 aromatic carbocycles. The molecule has 1 aliphatic heterocycles. The van der Waals surface area contributed by atoms with Gasteiger partial charge in [0.2, 0.25) is 0 Å². The summed E-state index contributed by atoms with van der Waals surface area (Å²) in [6, 6.07) is 6.42. The van der Waals surface area contributed by atoms with Gasteiger partial charge in [0.25, 0.3) is 0 Å². The zero-order valence-electron chi connectivity index (χ0n) is 11.7. The fourth-order valence-corrected chi connectivity index (χ4v) is 13.5. The minimum Gasteiger partial charge on any atom is -0.327 e. The van der Waals surface area contributed by atoms with Gasteiger partial charge in [-0.15, -0.1) is 0 Å². The highest BCUT2D eigenvalue weighted by Gasteiger charge is 2.28. The third-order valence-electron chi connectivity index (χ3n) is 4.32. The Morgan fingerprint density at radius 1 is 0.625 bits per heavy atom. The second-order valence-corrected chi connectivity index (χ2v) is 11.3. The fourth-order valence-electron chi connectivity index (χ4n) is 3.27. The minimum atomic E-state index is -0.502. The molecule has 0 unspecified atom stereocenters. The molecule has 0 saturated carbocycles. The molecule has 1 heterocycles. The van der Waals surface area contributed by atoms with E-state index in [4.69, 9.17) is 0 Å². The van der Waals surface area contributed by atoms with Crippen molar-refractivity contribution in [2.75, 3.05) is 26.2 Å². The van der Waals surface area contributed by atoms with Gasteiger partial charge in [-0.3, -0.25) is 0 Å². The maximum absolute atomic E-state index is 2.80. The molecule has 0 amide bonds. The minimum absolute atomic E-state index is 0.502. The Morgan fingerprint density at radius 2 is 0.875 bits per heavy atom. The molecule has 0 N–H and O–H groups in total. The summed E-state index contributed by atoms with van der Waals surface area (Å²) in [5.41, 5.74) is 0. The number of hydrogen-bond acceptors (Lipinski definition) is 2. The first kappa shape index (κ1) is 14.4. The SMILES string of the molecule is CCN(CC)[SiH]1CC[SiH](N(CC)CC)CC1. The predicted molar refractivity (Wildman–Crippen MR) is 79.4 cm³/mol. The Bertz CT molecular complexity index is 154. The van der Waals surface area contributed by atoms with Gasteiger partial charge < -0.3 is 9.13 Å². The van der Waals surface area contributed by atoms with Crippen molar-refractivity contribution in [2.24, 2.45) is 0 Å². The van der Waals surface area contributed by atoms with Crippen molar-refractivity contribution < 1.29 is 0 Å². The summed E-state index contributed by atoms with van der Waals surface area (Å²) in [5.74, 6) is 0. The lowest BCUT2D eigenvalue weighted by Gasteiger charge is -2.38. The lowest BCUT2D eigenvalue weighted by atomic mass is 10.7. The molecule has 1 fully saturated rings. The van der Waals surface area contributed by atoms with Crippen molar-refractivity contribution in [3.63, 3.8) is 0 Å². The summed E-state index contributed by atoms with van der Waals surface area (Å²) in [6.07, 6.45) is 0. The number of rotatable bonds is 6. The molecule has 1 saturated heterocycles. The van der Waals surface area contributed by atoms with Crippen molar-refractivity contribution in [1.82, 2.24) is 9.13 Å². The molecule has 1 rings (SSSR count). The maximum atomic E-state index is 2.80. The van der Waals surface area contributed by atoms with Crippen molar-refractivity contribution in [2.45, 2.75) is 51.9 Å². The Balaban J connectivity index is 2.38. The lowest BCUT2D eigenvalue weighted by molar-refractivity contribution is 0.460. The van der Waals surface area contributed by atoms with Gasteiger partial charge in [0.1, 0.15) is 17.9 Å². The van der Waals surface area contributed by atoms with E-state index in [0.29, 0.717) is 0 Å². The summed E-state index contributed by atoms with van der Waals surface area (Å²) >= 11 is 0. The van der Waals surface area contributed by atoms with Crippen LogP contribution in [0.4, 0.5) is 0 Å². The van der Waals surface area contributed by atoms with Crippen LogP contribution in [0.15, 0.2) is 0 Å². The molecule has 0 atom stereocenters. The molecular weight excluding hydrogens is 228 g/mol. The van der Waals surface area contributed by atoms with Gasteiger partial charge in [0, 0.05) is 0 Å². The van der Waals surface area contributed by atoms with Crippen LogP contribution in [0.3, 0.4) is 0 Å². The maximum Gasteiger partial charge on any atom is 0.111 e. The zero-order valence-corrected chi connectivity index (χ0v) is 14.0. The average Bonchev–Trinajstić information content (AvgIpc) is 2.34. The lowest BCUT2D eigenvalue weighted by Crippen LogP contribution is -2.47. The van der Waals surface area contributed by atoms with E-state index in [0.717, 1.165) is 0 Å². The zero-order chi connectivity index (χ0) is 12.0. The summed E-state index contributed by atoms with van der Waals surface area (Å²) in [4.78, 5) is 0. The van der Waals surface area contributed by atoms with Crippen molar-refractivity contribution >= 4 is 17.9 Å². The van der Waals surface area contributed by atoms with Crippen LogP contribution in [0.5, 0.6) is 0 Å². The van der Waals surface area contributed by atoms with Gasteiger partial charge in [-0.05, 0) is 50.4 Å². The van der Waals surface area contributed by atoms with Crippen LogP contribution in [0.2, 0.25) is 24.2 Å². The van der Waals surface area contributed by atoms with E-state index < -0.39 is 17.9 Å². The molecular formula is C12H30N2Si2. The fraction of sp³-hybridized carbons (Fsp3) is 1.00. The Morgan fingerprint density at radius 3 is 1.06 bits per heavy atom. The highest BCUT2D eigenvalue weighted by atomic mass is 28.3. The van der Waals surface area contributed by atoms with E-state index in [1.807, 2.05) is 0 Å². The normalized spacial score (nSPS) is 26.6. The molecule has 0 spiro atoms. The molecule has 4 heteroatoms. The first-order valence-electron chi connectivity index (χ1n) is 7.24. The third-order valence-corrected chi connectivity index (χ3v) is 13.2. The van der Waals surface area contributed by atoms with Crippen molar-refractivity contribution in [3.8, 4) is 0 Å². The van der Waals surface area contributed by atoms with Gasteiger partial charge in [0.05, 0.1) is 0 Å². The number of hydrogen-bond donors (Lipinski definition) is 0. The van der Waals surface area contributed by atoms with Gasteiger partial charge >= 0.3 is 0 Å². The van der Waals surface area contributed by atoms with E-state index in [1.165, 1.54) is 26.2 Å². The van der Waals surface area contributed by atoms with E-state index in [2.05, 4.69) is 36.8 Å². The van der Waals surface area contributed by atoms with Gasteiger partial charge in [-0.25, -0.2) is 0 Å². The summed E-state index contributed by atoms with van der Waals surface area (Å²) in [5, 5.41) is 0. The molecule has 96 valence electrons. The summed E-state index contributed by atoms with van der Waals surface area (Å²) in [7, 11) is -1.00. The quantitative estimate of drug-likeness (QED) is 0.674.